The van der Waals surface area contributed by atoms with Crippen LogP contribution in [-0.2, 0) is 10.0 Å². The predicted octanol–water partition coefficient (Wildman–Crippen LogP) is 2.51. The van der Waals surface area contributed by atoms with Crippen LogP contribution in [0.4, 0.5) is 5.69 Å². The van der Waals surface area contributed by atoms with Crippen molar-refractivity contribution in [3.05, 3.63) is 35.9 Å². The van der Waals surface area contributed by atoms with E-state index in [0.717, 1.165) is 0 Å². The van der Waals surface area contributed by atoms with Crippen LogP contribution < -0.4 is 23.7 Å². The molecule has 2 aromatic carbocycles. The van der Waals surface area contributed by atoms with Gasteiger partial charge in [-0.2, -0.15) is 0 Å². The first-order valence-electron chi connectivity index (χ1n) is 9.03. The normalized spacial score (nSPS) is 15.7. The van der Waals surface area contributed by atoms with E-state index < -0.39 is 16.0 Å². The van der Waals surface area contributed by atoms with Gasteiger partial charge >= 0.3 is 5.97 Å². The fourth-order valence-electron chi connectivity index (χ4n) is 2.98. The Morgan fingerprint density at radius 2 is 1.38 bits per heavy atom. The topological polar surface area (TPSA) is 120 Å². The Labute approximate surface area is 167 Å². The van der Waals surface area contributed by atoms with Gasteiger partial charge in [-0.25, -0.2) is 13.2 Å². The third-order valence-electron chi connectivity index (χ3n) is 4.39. The van der Waals surface area contributed by atoms with E-state index in [1.54, 1.807) is 0 Å². The predicted molar refractivity (Wildman–Crippen MR) is 102 cm³/mol. The zero-order valence-corrected chi connectivity index (χ0v) is 16.2. The summed E-state index contributed by atoms with van der Waals surface area (Å²) < 4.78 is 50.2. The van der Waals surface area contributed by atoms with Crippen molar-refractivity contribution in [1.82, 2.24) is 0 Å². The second-order valence-electron chi connectivity index (χ2n) is 6.46. The van der Waals surface area contributed by atoms with Gasteiger partial charge < -0.3 is 24.1 Å². The standard InChI is InChI=1S/C19H19NO8S/c21-19(22)13-10-17-18(28-8-2-7-27-17)11-14(13)20-29(23,24)12-3-4-15-16(9-12)26-6-1-5-25-15/h3-4,9-11,20H,1-2,5-8H2,(H,21,22). The summed E-state index contributed by atoms with van der Waals surface area (Å²) >= 11 is 0. The van der Waals surface area contributed by atoms with E-state index >= 15 is 0 Å². The number of hydrogen-bond acceptors (Lipinski definition) is 7. The highest BCUT2D eigenvalue weighted by atomic mass is 32.2. The number of hydrogen-bond donors (Lipinski definition) is 2. The van der Waals surface area contributed by atoms with E-state index in [-0.39, 0.29) is 27.6 Å². The van der Waals surface area contributed by atoms with Gasteiger partial charge in [0.1, 0.15) is 0 Å². The summed E-state index contributed by atoms with van der Waals surface area (Å²) in [5, 5.41) is 9.53. The lowest BCUT2D eigenvalue weighted by atomic mass is 10.1. The molecule has 2 aliphatic rings. The third-order valence-corrected chi connectivity index (χ3v) is 5.75. The van der Waals surface area contributed by atoms with Crippen molar-refractivity contribution in [2.24, 2.45) is 0 Å². The van der Waals surface area contributed by atoms with Gasteiger partial charge in [0.05, 0.1) is 42.6 Å². The van der Waals surface area contributed by atoms with Gasteiger partial charge in [-0.1, -0.05) is 0 Å². The van der Waals surface area contributed by atoms with E-state index in [1.165, 1.54) is 30.3 Å². The largest absolute Gasteiger partial charge is 0.490 e. The highest BCUT2D eigenvalue weighted by molar-refractivity contribution is 7.92. The summed E-state index contributed by atoms with van der Waals surface area (Å²) in [5.74, 6) is 0.0325. The van der Waals surface area contributed by atoms with E-state index in [0.29, 0.717) is 50.8 Å². The number of benzene rings is 2. The van der Waals surface area contributed by atoms with Crippen LogP contribution >= 0.6 is 0 Å². The van der Waals surface area contributed by atoms with Crippen molar-refractivity contribution in [3.63, 3.8) is 0 Å². The highest BCUT2D eigenvalue weighted by Gasteiger charge is 2.24. The van der Waals surface area contributed by atoms with Gasteiger partial charge in [0, 0.05) is 31.0 Å². The number of carboxylic acids is 1. The van der Waals surface area contributed by atoms with Crippen molar-refractivity contribution in [3.8, 4) is 23.0 Å². The molecule has 10 heteroatoms. The molecule has 0 unspecified atom stereocenters. The van der Waals surface area contributed by atoms with Crippen molar-refractivity contribution >= 4 is 21.7 Å². The highest BCUT2D eigenvalue weighted by Crippen LogP contribution is 2.37. The molecule has 29 heavy (non-hydrogen) atoms. The Kier molecular flexibility index (Phi) is 5.10. The molecular formula is C19H19NO8S. The quantitative estimate of drug-likeness (QED) is 0.773. The number of rotatable bonds is 4. The van der Waals surface area contributed by atoms with E-state index in [9.17, 15) is 18.3 Å². The fourth-order valence-corrected chi connectivity index (χ4v) is 4.07. The first kappa shape index (κ1) is 19.2. The van der Waals surface area contributed by atoms with Gasteiger partial charge in [-0.05, 0) is 12.1 Å². The molecule has 0 amide bonds. The number of sulfonamides is 1. The van der Waals surface area contributed by atoms with Gasteiger partial charge in [0.2, 0.25) is 0 Å². The Bertz CT molecular complexity index is 1050. The monoisotopic (exact) mass is 421 g/mol. The molecule has 0 saturated carbocycles. The number of carbonyl (C=O) groups is 1. The second-order valence-corrected chi connectivity index (χ2v) is 8.15. The molecule has 2 N–H and O–H groups in total. The minimum absolute atomic E-state index is 0.0785. The van der Waals surface area contributed by atoms with Gasteiger partial charge in [-0.3, -0.25) is 4.72 Å². The first-order valence-corrected chi connectivity index (χ1v) is 10.5. The lowest BCUT2D eigenvalue weighted by Crippen LogP contribution is -2.16. The van der Waals surface area contributed by atoms with Gasteiger partial charge in [-0.15, -0.1) is 0 Å². The van der Waals surface area contributed by atoms with Crippen molar-refractivity contribution in [2.45, 2.75) is 17.7 Å². The molecule has 0 fully saturated rings. The average molecular weight is 421 g/mol. The number of carboxylic acid groups (broad SMARTS) is 1. The van der Waals surface area contributed by atoms with E-state index in [2.05, 4.69) is 4.72 Å². The Hall–Kier alpha value is -3.14. The van der Waals surface area contributed by atoms with Crippen LogP contribution in [0.25, 0.3) is 0 Å². The minimum atomic E-state index is -4.10. The maximum Gasteiger partial charge on any atom is 0.337 e. The van der Waals surface area contributed by atoms with Crippen LogP contribution in [0.15, 0.2) is 35.2 Å². The number of anilines is 1. The summed E-state index contributed by atoms with van der Waals surface area (Å²) in [7, 11) is -4.10. The molecule has 4 rings (SSSR count). The molecule has 2 aromatic rings. The van der Waals surface area contributed by atoms with Crippen LogP contribution in [0, 0.1) is 0 Å². The summed E-state index contributed by atoms with van der Waals surface area (Å²) in [6.45, 7) is 1.66. The molecule has 0 aliphatic carbocycles. The van der Waals surface area contributed by atoms with Crippen LogP contribution in [0.1, 0.15) is 23.2 Å². The molecule has 2 aliphatic heterocycles. The van der Waals surface area contributed by atoms with E-state index in [4.69, 9.17) is 18.9 Å². The number of nitrogens with one attached hydrogen (secondary N) is 1. The molecule has 0 spiro atoms. The summed E-state index contributed by atoms with van der Waals surface area (Å²) in [6.07, 6.45) is 1.32. The molecule has 0 saturated heterocycles. The summed E-state index contributed by atoms with van der Waals surface area (Å²) in [4.78, 5) is 11.6. The molecule has 0 atom stereocenters. The van der Waals surface area contributed by atoms with Crippen LogP contribution in [-0.4, -0.2) is 45.9 Å². The fraction of sp³-hybridized carbons (Fsp3) is 0.316. The Morgan fingerprint density at radius 1 is 0.828 bits per heavy atom. The van der Waals surface area contributed by atoms with Crippen LogP contribution in [0.3, 0.4) is 0 Å². The molecule has 9 nitrogen and oxygen atoms in total. The van der Waals surface area contributed by atoms with Crippen molar-refractivity contribution in [2.75, 3.05) is 31.1 Å². The minimum Gasteiger partial charge on any atom is -0.490 e. The Morgan fingerprint density at radius 3 is 2.00 bits per heavy atom. The third kappa shape index (κ3) is 4.02. The van der Waals surface area contributed by atoms with Crippen molar-refractivity contribution in [1.29, 1.82) is 0 Å². The first-order chi connectivity index (χ1) is 13.9. The molecule has 0 bridgehead atoms. The SMILES string of the molecule is O=C(O)c1cc2c(cc1NS(=O)(=O)c1ccc3c(c1)OCCCO3)OCCCO2. The number of ether oxygens (including phenoxy) is 4. The number of fused-ring (bicyclic) bond motifs is 2. The van der Waals surface area contributed by atoms with Crippen LogP contribution in [0.5, 0.6) is 23.0 Å². The lowest BCUT2D eigenvalue weighted by Gasteiger charge is -2.15. The van der Waals surface area contributed by atoms with Crippen molar-refractivity contribution < 1.29 is 37.3 Å². The molecule has 0 radical (unpaired) electrons. The second kappa shape index (κ2) is 7.70. The van der Waals surface area contributed by atoms with E-state index in [1.807, 2.05) is 0 Å². The van der Waals surface area contributed by atoms with Gasteiger partial charge in [0.15, 0.2) is 23.0 Å². The Balaban J connectivity index is 1.70. The zero-order valence-electron chi connectivity index (χ0n) is 15.3. The summed E-state index contributed by atoms with van der Waals surface area (Å²) in [6, 6.07) is 6.83. The molecule has 0 aromatic heterocycles. The maximum absolute atomic E-state index is 12.9. The molecular weight excluding hydrogens is 402 g/mol. The van der Waals surface area contributed by atoms with Gasteiger partial charge in [0.25, 0.3) is 10.0 Å². The summed E-state index contributed by atoms with van der Waals surface area (Å²) in [5.41, 5.74) is -0.360. The zero-order chi connectivity index (χ0) is 20.4. The smallest absolute Gasteiger partial charge is 0.337 e. The molecule has 154 valence electrons. The number of aromatic carboxylic acids is 1. The van der Waals surface area contributed by atoms with Crippen LogP contribution in [0.2, 0.25) is 0 Å². The lowest BCUT2D eigenvalue weighted by molar-refractivity contribution is 0.0697. The maximum atomic E-state index is 12.9. The average Bonchev–Trinajstić information content (AvgIpc) is 3.06. The molecule has 2 heterocycles.